The van der Waals surface area contributed by atoms with Crippen LogP contribution in [0.25, 0.3) is 0 Å². The largest absolute Gasteiger partial charge is 0.492 e. The summed E-state index contributed by atoms with van der Waals surface area (Å²) >= 11 is 0. The van der Waals surface area contributed by atoms with Crippen molar-refractivity contribution in [1.82, 2.24) is 0 Å². The van der Waals surface area contributed by atoms with Crippen molar-refractivity contribution in [2.75, 3.05) is 23.9 Å². The van der Waals surface area contributed by atoms with E-state index in [2.05, 4.69) is 5.32 Å². The minimum absolute atomic E-state index is 0.0294. The molecule has 2 amide bonds. The summed E-state index contributed by atoms with van der Waals surface area (Å²) in [4.78, 5) is 26.7. The zero-order valence-corrected chi connectivity index (χ0v) is 14.9. The molecule has 5 heteroatoms. The van der Waals surface area contributed by atoms with Gasteiger partial charge in [0.1, 0.15) is 5.75 Å². The number of ether oxygens (including phenoxy) is 1. The molecule has 130 valence electrons. The van der Waals surface area contributed by atoms with Crippen LogP contribution in [0.5, 0.6) is 5.75 Å². The van der Waals surface area contributed by atoms with E-state index in [-0.39, 0.29) is 11.8 Å². The summed E-state index contributed by atoms with van der Waals surface area (Å²) < 4.78 is 5.54. The molecule has 0 radical (unpaired) electrons. The Labute approximate surface area is 147 Å². The Kier molecular flexibility index (Phi) is 4.25. The van der Waals surface area contributed by atoms with Crippen LogP contribution in [-0.2, 0) is 10.2 Å². The number of rotatable bonds is 4. The number of fused-ring (bicyclic) bond motifs is 1. The maximum absolute atomic E-state index is 12.7. The molecule has 0 atom stereocenters. The van der Waals surface area contributed by atoms with Crippen molar-refractivity contribution < 1.29 is 14.3 Å². The lowest BCUT2D eigenvalue weighted by molar-refractivity contribution is -0.121. The van der Waals surface area contributed by atoms with Gasteiger partial charge in [0, 0.05) is 18.3 Å². The molecule has 1 aliphatic heterocycles. The first-order valence-electron chi connectivity index (χ1n) is 8.32. The summed E-state index contributed by atoms with van der Waals surface area (Å²) in [6.45, 7) is 6.18. The number of likely N-dealkylation sites (N-methyl/N-ethyl adjacent to an activating group) is 1. The van der Waals surface area contributed by atoms with Gasteiger partial charge >= 0.3 is 0 Å². The Morgan fingerprint density at radius 3 is 2.64 bits per heavy atom. The molecule has 1 heterocycles. The number of benzene rings is 2. The van der Waals surface area contributed by atoms with Crippen molar-refractivity contribution in [3.63, 3.8) is 0 Å². The summed E-state index contributed by atoms with van der Waals surface area (Å²) in [7, 11) is 1.76. The number of hydrogen-bond donors (Lipinski definition) is 1. The Morgan fingerprint density at radius 2 is 1.92 bits per heavy atom. The fourth-order valence-corrected chi connectivity index (χ4v) is 3.16. The van der Waals surface area contributed by atoms with E-state index in [1.54, 1.807) is 30.1 Å². The Bertz CT molecular complexity index is 843. The fourth-order valence-electron chi connectivity index (χ4n) is 3.16. The normalized spacial score (nSPS) is 15.0. The van der Waals surface area contributed by atoms with Gasteiger partial charge in [-0.05, 0) is 56.7 Å². The van der Waals surface area contributed by atoms with Gasteiger partial charge < -0.3 is 15.0 Å². The number of carbonyl (C=O) groups excluding carboxylic acids is 2. The Balaban J connectivity index is 1.91. The standard InChI is InChI=1S/C20H22N2O3/c1-5-25-17-9-7-6-8-15(17)21-18(23)13-10-11-16-14(12-13)20(2,3)19(24)22(16)4/h6-12H,5H2,1-4H3,(H,21,23). The molecule has 25 heavy (non-hydrogen) atoms. The van der Waals surface area contributed by atoms with Crippen LogP contribution in [0.15, 0.2) is 42.5 Å². The molecule has 0 unspecified atom stereocenters. The van der Waals surface area contributed by atoms with E-state index in [1.165, 1.54) is 0 Å². The van der Waals surface area contributed by atoms with Crippen molar-refractivity contribution in [3.8, 4) is 5.75 Å². The molecule has 0 saturated heterocycles. The SMILES string of the molecule is CCOc1ccccc1NC(=O)c1ccc2c(c1)C(C)(C)C(=O)N2C. The monoisotopic (exact) mass is 338 g/mol. The highest BCUT2D eigenvalue weighted by Gasteiger charge is 2.42. The first-order chi connectivity index (χ1) is 11.9. The van der Waals surface area contributed by atoms with Crippen LogP contribution in [0.4, 0.5) is 11.4 Å². The molecule has 2 aromatic rings. The smallest absolute Gasteiger partial charge is 0.255 e. The predicted molar refractivity (Wildman–Crippen MR) is 98.4 cm³/mol. The molecule has 0 aliphatic carbocycles. The molecule has 0 aromatic heterocycles. The van der Waals surface area contributed by atoms with Crippen molar-refractivity contribution in [3.05, 3.63) is 53.6 Å². The van der Waals surface area contributed by atoms with E-state index in [4.69, 9.17) is 4.74 Å². The number of amides is 2. The van der Waals surface area contributed by atoms with E-state index in [0.29, 0.717) is 23.6 Å². The second-order valence-electron chi connectivity index (χ2n) is 6.60. The lowest BCUT2D eigenvalue weighted by Gasteiger charge is -2.17. The zero-order valence-electron chi connectivity index (χ0n) is 14.9. The van der Waals surface area contributed by atoms with Gasteiger partial charge in [0.05, 0.1) is 17.7 Å². The van der Waals surface area contributed by atoms with E-state index in [0.717, 1.165) is 11.3 Å². The molecule has 5 nitrogen and oxygen atoms in total. The van der Waals surface area contributed by atoms with Crippen molar-refractivity contribution in [1.29, 1.82) is 0 Å². The second kappa shape index (κ2) is 6.24. The molecule has 1 N–H and O–H groups in total. The predicted octanol–water partition coefficient (Wildman–Crippen LogP) is 3.59. The molecule has 0 fully saturated rings. The van der Waals surface area contributed by atoms with Crippen LogP contribution < -0.4 is 15.0 Å². The number of anilines is 2. The first kappa shape index (κ1) is 17.0. The highest BCUT2D eigenvalue weighted by atomic mass is 16.5. The van der Waals surface area contributed by atoms with Gasteiger partial charge in [-0.3, -0.25) is 9.59 Å². The lowest BCUT2D eigenvalue weighted by atomic mass is 9.85. The molecule has 0 bridgehead atoms. The highest BCUT2D eigenvalue weighted by Crippen LogP contribution is 2.41. The number of hydrogen-bond acceptors (Lipinski definition) is 3. The van der Waals surface area contributed by atoms with Gasteiger partial charge in [-0.1, -0.05) is 12.1 Å². The second-order valence-corrected chi connectivity index (χ2v) is 6.60. The summed E-state index contributed by atoms with van der Waals surface area (Å²) in [6, 6.07) is 12.7. The summed E-state index contributed by atoms with van der Waals surface area (Å²) in [6.07, 6.45) is 0. The third-order valence-electron chi connectivity index (χ3n) is 4.57. The van der Waals surface area contributed by atoms with Gasteiger partial charge in [0.2, 0.25) is 5.91 Å². The van der Waals surface area contributed by atoms with Gasteiger partial charge in [0.15, 0.2) is 0 Å². The molecule has 0 spiro atoms. The van der Waals surface area contributed by atoms with E-state index < -0.39 is 5.41 Å². The van der Waals surface area contributed by atoms with Crippen LogP contribution >= 0.6 is 0 Å². The Morgan fingerprint density at radius 1 is 1.20 bits per heavy atom. The number of nitrogens with one attached hydrogen (secondary N) is 1. The maximum Gasteiger partial charge on any atom is 0.255 e. The zero-order chi connectivity index (χ0) is 18.2. The molecule has 1 aliphatic rings. The van der Waals surface area contributed by atoms with Crippen LogP contribution in [0, 0.1) is 0 Å². The minimum Gasteiger partial charge on any atom is -0.492 e. The molecular formula is C20H22N2O3. The molecule has 2 aromatic carbocycles. The van der Waals surface area contributed by atoms with Gasteiger partial charge in [0.25, 0.3) is 5.91 Å². The third kappa shape index (κ3) is 2.86. The summed E-state index contributed by atoms with van der Waals surface area (Å²) in [5.41, 5.74) is 2.22. The van der Waals surface area contributed by atoms with Crippen molar-refractivity contribution in [2.24, 2.45) is 0 Å². The van der Waals surface area contributed by atoms with Crippen LogP contribution in [0.2, 0.25) is 0 Å². The number of nitrogens with zero attached hydrogens (tertiary/aromatic N) is 1. The number of carbonyl (C=O) groups is 2. The fraction of sp³-hybridized carbons (Fsp3) is 0.300. The van der Waals surface area contributed by atoms with E-state index in [9.17, 15) is 9.59 Å². The molecule has 3 rings (SSSR count). The van der Waals surface area contributed by atoms with Crippen LogP contribution in [-0.4, -0.2) is 25.5 Å². The average Bonchev–Trinajstić information content (AvgIpc) is 2.77. The van der Waals surface area contributed by atoms with E-state index in [1.807, 2.05) is 45.0 Å². The molecule has 0 saturated carbocycles. The lowest BCUT2D eigenvalue weighted by Crippen LogP contribution is -2.33. The van der Waals surface area contributed by atoms with Gasteiger partial charge in [-0.2, -0.15) is 0 Å². The summed E-state index contributed by atoms with van der Waals surface area (Å²) in [5.74, 6) is 0.434. The van der Waals surface area contributed by atoms with Crippen molar-refractivity contribution in [2.45, 2.75) is 26.2 Å². The maximum atomic E-state index is 12.7. The average molecular weight is 338 g/mol. The summed E-state index contributed by atoms with van der Waals surface area (Å²) in [5, 5.41) is 2.89. The highest BCUT2D eigenvalue weighted by molar-refractivity contribution is 6.10. The minimum atomic E-state index is -0.635. The van der Waals surface area contributed by atoms with Gasteiger partial charge in [-0.25, -0.2) is 0 Å². The van der Waals surface area contributed by atoms with Crippen LogP contribution in [0.1, 0.15) is 36.7 Å². The topological polar surface area (TPSA) is 58.6 Å². The van der Waals surface area contributed by atoms with Gasteiger partial charge in [-0.15, -0.1) is 0 Å². The van der Waals surface area contributed by atoms with Crippen LogP contribution in [0.3, 0.4) is 0 Å². The third-order valence-corrected chi connectivity index (χ3v) is 4.57. The molecular weight excluding hydrogens is 316 g/mol. The number of para-hydroxylation sites is 2. The quantitative estimate of drug-likeness (QED) is 0.927. The Hall–Kier alpha value is -2.82. The van der Waals surface area contributed by atoms with Crippen molar-refractivity contribution >= 4 is 23.2 Å². The van der Waals surface area contributed by atoms with E-state index >= 15 is 0 Å². The first-order valence-corrected chi connectivity index (χ1v) is 8.32.